The van der Waals surface area contributed by atoms with Crippen molar-refractivity contribution in [2.75, 3.05) is 0 Å². The first-order valence-corrected chi connectivity index (χ1v) is 5.31. The van der Waals surface area contributed by atoms with Gasteiger partial charge in [-0.05, 0) is 13.8 Å². The molecule has 0 heterocycles. The van der Waals surface area contributed by atoms with Crippen LogP contribution in [0.5, 0.6) is 0 Å². The second kappa shape index (κ2) is 8.37. The number of fused-ring (bicyclic) bond motifs is 3. The van der Waals surface area contributed by atoms with E-state index in [-0.39, 0.29) is 63.4 Å². The van der Waals surface area contributed by atoms with Crippen LogP contribution in [-0.2, 0) is 26.2 Å². The van der Waals surface area contributed by atoms with Crippen molar-refractivity contribution in [2.45, 2.75) is 13.8 Å². The molecule has 0 fully saturated rings. The fraction of sp³-hybridized carbons (Fsp3) is 0.133. The van der Waals surface area contributed by atoms with Gasteiger partial charge in [-0.1, -0.05) is 35.4 Å². The number of halogens is 3. The summed E-state index contributed by atoms with van der Waals surface area (Å²) in [7, 11) is 0. The third kappa shape index (κ3) is 3.79. The van der Waals surface area contributed by atoms with E-state index < -0.39 is 0 Å². The molecule has 0 aliphatic heterocycles. The van der Waals surface area contributed by atoms with E-state index in [0.29, 0.717) is 0 Å². The third-order valence-corrected chi connectivity index (χ3v) is 3.05. The number of hydrogen-bond donors (Lipinski definition) is 0. The normalized spacial score (nSPS) is 8.95. The van der Waals surface area contributed by atoms with Gasteiger partial charge in [-0.25, -0.2) is 0 Å². The molecular weight excluding hydrogens is 378 g/mol. The maximum atomic E-state index is 2.28. The summed E-state index contributed by atoms with van der Waals surface area (Å²) in [5.74, 6) is 0. The topological polar surface area (TPSA) is 0 Å². The van der Waals surface area contributed by atoms with Crippen LogP contribution in [0.15, 0.2) is 42.5 Å². The van der Waals surface area contributed by atoms with Gasteiger partial charge in [0.25, 0.3) is 0 Å². The van der Waals surface area contributed by atoms with Gasteiger partial charge in [0.05, 0.1) is 0 Å². The number of rotatable bonds is 0. The van der Waals surface area contributed by atoms with Gasteiger partial charge in [-0.3, -0.25) is 0 Å². The van der Waals surface area contributed by atoms with Crippen molar-refractivity contribution < 1.29 is 63.4 Å². The molecule has 0 saturated carbocycles. The van der Waals surface area contributed by atoms with Crippen molar-refractivity contribution in [3.05, 3.63) is 53.6 Å². The Morgan fingerprint density at radius 3 is 2.16 bits per heavy atom. The molecule has 3 rings (SSSR count). The molecule has 0 spiro atoms. The third-order valence-electron chi connectivity index (χ3n) is 3.05. The predicted molar refractivity (Wildman–Crippen MR) is 66.5 cm³/mol. The van der Waals surface area contributed by atoms with Gasteiger partial charge >= 0.3 is 26.2 Å². The van der Waals surface area contributed by atoms with Crippen molar-refractivity contribution in [2.24, 2.45) is 0 Å². The number of aryl methyl sites for hydroxylation is 2. The van der Waals surface area contributed by atoms with Crippen molar-refractivity contribution >= 4 is 21.5 Å². The zero-order valence-electron chi connectivity index (χ0n) is 10.7. The Kier molecular flexibility index (Phi) is 9.41. The first kappa shape index (κ1) is 21.4. The SMILES string of the molecule is Cc1cc(C)c2c(c1)[cH-]c1ccccc12.[Cl-].[Cl-].[Cl-].[Zr+4]. The molecule has 0 aliphatic rings. The minimum atomic E-state index is 0. The van der Waals surface area contributed by atoms with Gasteiger partial charge in [0, 0.05) is 0 Å². The van der Waals surface area contributed by atoms with Crippen molar-refractivity contribution in [3.63, 3.8) is 0 Å². The van der Waals surface area contributed by atoms with Crippen LogP contribution < -0.4 is 37.2 Å². The van der Waals surface area contributed by atoms with Crippen LogP contribution in [0.4, 0.5) is 0 Å². The Bertz CT molecular complexity index is 659. The van der Waals surface area contributed by atoms with E-state index in [9.17, 15) is 0 Å². The summed E-state index contributed by atoms with van der Waals surface area (Å²) >= 11 is 0. The average Bonchev–Trinajstić information content (AvgIpc) is 2.54. The predicted octanol–water partition coefficient (Wildman–Crippen LogP) is -4.66. The standard InChI is InChI=1S/C15H13.3ClH.Zr/c1-10-7-11(2)15-13(8-10)9-12-5-3-4-6-14(12)15;;;;/h3-9H,1-2H3;3*1H;/q-1;;;;+4/p-3. The van der Waals surface area contributed by atoms with Gasteiger partial charge < -0.3 is 37.2 Å². The van der Waals surface area contributed by atoms with Crippen LogP contribution in [0, 0.1) is 13.8 Å². The maximum Gasteiger partial charge on any atom is 4.00 e. The van der Waals surface area contributed by atoms with Crippen LogP contribution >= 0.6 is 0 Å². The molecule has 4 heteroatoms. The fourth-order valence-corrected chi connectivity index (χ4v) is 2.50. The van der Waals surface area contributed by atoms with Crippen LogP contribution in [0.1, 0.15) is 11.1 Å². The first-order valence-electron chi connectivity index (χ1n) is 5.31. The summed E-state index contributed by atoms with van der Waals surface area (Å²) in [6.07, 6.45) is 0. The summed E-state index contributed by atoms with van der Waals surface area (Å²) < 4.78 is 0. The van der Waals surface area contributed by atoms with Crippen molar-refractivity contribution in [1.29, 1.82) is 0 Å². The number of benzene rings is 2. The molecule has 0 nitrogen and oxygen atoms in total. The molecule has 0 bridgehead atoms. The molecule has 0 amide bonds. The monoisotopic (exact) mass is 388 g/mol. The Hall–Kier alpha value is 0.0631. The molecule has 0 N–H and O–H groups in total. The van der Waals surface area contributed by atoms with E-state index in [4.69, 9.17) is 0 Å². The Morgan fingerprint density at radius 2 is 1.47 bits per heavy atom. The van der Waals surface area contributed by atoms with Gasteiger partial charge in [0.1, 0.15) is 0 Å². The summed E-state index contributed by atoms with van der Waals surface area (Å²) in [6, 6.07) is 15.4. The number of hydrogen-bond acceptors (Lipinski definition) is 0. The summed E-state index contributed by atoms with van der Waals surface area (Å²) in [5.41, 5.74) is 2.72. The summed E-state index contributed by atoms with van der Waals surface area (Å²) in [6.45, 7) is 4.35. The Morgan fingerprint density at radius 1 is 0.842 bits per heavy atom. The van der Waals surface area contributed by atoms with Gasteiger partial charge in [-0.15, -0.1) is 39.7 Å². The molecule has 3 aromatic carbocycles. The minimum absolute atomic E-state index is 0. The van der Waals surface area contributed by atoms with Crippen molar-refractivity contribution in [3.8, 4) is 0 Å². The Balaban J connectivity index is 0. The van der Waals surface area contributed by atoms with Crippen LogP contribution in [0.3, 0.4) is 0 Å². The van der Waals surface area contributed by atoms with E-state index in [1.165, 1.54) is 32.7 Å². The van der Waals surface area contributed by atoms with Crippen molar-refractivity contribution in [1.82, 2.24) is 0 Å². The molecule has 98 valence electrons. The molecular formula is C15H13Cl3Zr. The smallest absolute Gasteiger partial charge is 1.00 e. The maximum absolute atomic E-state index is 2.28. The van der Waals surface area contributed by atoms with Gasteiger partial charge in [-0.2, -0.15) is 0 Å². The van der Waals surface area contributed by atoms with E-state index in [1.807, 2.05) is 0 Å². The molecule has 0 aliphatic carbocycles. The zero-order chi connectivity index (χ0) is 10.4. The van der Waals surface area contributed by atoms with Gasteiger partial charge in [0.2, 0.25) is 0 Å². The first-order chi connectivity index (χ1) is 7.25. The second-order valence-electron chi connectivity index (χ2n) is 4.28. The second-order valence-corrected chi connectivity index (χ2v) is 4.28. The fourth-order valence-electron chi connectivity index (χ4n) is 2.50. The van der Waals surface area contributed by atoms with E-state index in [2.05, 4.69) is 56.3 Å². The molecule has 3 aromatic rings. The molecule has 0 saturated heterocycles. The zero-order valence-corrected chi connectivity index (χ0v) is 15.4. The Labute approximate surface area is 151 Å². The molecule has 19 heavy (non-hydrogen) atoms. The molecule has 0 radical (unpaired) electrons. The van der Waals surface area contributed by atoms with E-state index in [1.54, 1.807) is 0 Å². The quantitative estimate of drug-likeness (QED) is 0.339. The molecule has 0 aromatic heterocycles. The van der Waals surface area contributed by atoms with E-state index in [0.717, 1.165) is 0 Å². The van der Waals surface area contributed by atoms with Crippen LogP contribution in [0.2, 0.25) is 0 Å². The summed E-state index contributed by atoms with van der Waals surface area (Å²) in [5, 5.41) is 5.51. The molecule has 0 atom stereocenters. The van der Waals surface area contributed by atoms with Crippen LogP contribution in [0.25, 0.3) is 21.5 Å². The molecule has 0 unspecified atom stereocenters. The average molecular weight is 391 g/mol. The summed E-state index contributed by atoms with van der Waals surface area (Å²) in [4.78, 5) is 0. The minimum Gasteiger partial charge on any atom is -1.00 e. The van der Waals surface area contributed by atoms with Gasteiger partial charge in [0.15, 0.2) is 0 Å². The van der Waals surface area contributed by atoms with E-state index >= 15 is 0 Å². The van der Waals surface area contributed by atoms with Crippen LogP contribution in [-0.4, -0.2) is 0 Å². The largest absolute Gasteiger partial charge is 4.00 e.